The van der Waals surface area contributed by atoms with Crippen molar-refractivity contribution in [1.82, 2.24) is 4.98 Å². The van der Waals surface area contributed by atoms with Gasteiger partial charge >= 0.3 is 51.4 Å². The van der Waals surface area contributed by atoms with Crippen LogP contribution < -0.4 is 51.4 Å². The molecule has 15 heavy (non-hydrogen) atoms. The zero-order valence-electron chi connectivity index (χ0n) is 9.93. The molecule has 1 nitrogen and oxygen atoms in total. The summed E-state index contributed by atoms with van der Waals surface area (Å²) < 4.78 is -0.603. The normalized spacial score (nSPS) is 11.3. The molecule has 0 aliphatic heterocycles. The van der Waals surface area contributed by atoms with E-state index in [9.17, 15) is 0 Å². The summed E-state index contributed by atoms with van der Waals surface area (Å²) in [6.07, 6.45) is 0. The van der Waals surface area contributed by atoms with E-state index in [2.05, 4.69) is 25.8 Å². The number of hydrogen-bond donors (Lipinski definition) is 1. The molecule has 0 amide bonds. The molecule has 0 bridgehead atoms. The summed E-state index contributed by atoms with van der Waals surface area (Å²) in [5.41, 5.74) is 4.62. The summed E-state index contributed by atoms with van der Waals surface area (Å²) in [4.78, 5) is 3.29. The van der Waals surface area contributed by atoms with Crippen LogP contribution in [0.1, 0.15) is 29.4 Å². The number of thioether (sulfide) groups is 1. The van der Waals surface area contributed by atoms with Gasteiger partial charge in [-0.2, -0.15) is 0 Å². The van der Waals surface area contributed by atoms with Gasteiger partial charge in [-0.15, -0.1) is 0 Å². The van der Waals surface area contributed by atoms with Crippen molar-refractivity contribution in [3.05, 3.63) is 22.5 Å². The Bertz CT molecular complexity index is 334. The Morgan fingerprint density at radius 3 is 2.07 bits per heavy atom. The first kappa shape index (κ1) is 17.0. The summed E-state index contributed by atoms with van der Waals surface area (Å²) in [6, 6.07) is 0. The van der Waals surface area contributed by atoms with Gasteiger partial charge in [-0.3, -0.25) is 0 Å². The molecule has 0 saturated carbocycles. The largest absolute Gasteiger partial charge is 1.00 e. The van der Waals surface area contributed by atoms with Crippen molar-refractivity contribution >= 4 is 37.0 Å². The zero-order valence-corrected chi connectivity index (χ0v) is 15.5. The van der Waals surface area contributed by atoms with Crippen molar-refractivity contribution in [2.75, 3.05) is 5.75 Å². The molecule has 0 unspecified atom stereocenters. The molecule has 0 aliphatic rings. The smallest absolute Gasteiger partial charge is 0.797 e. The van der Waals surface area contributed by atoms with Crippen LogP contribution in [-0.2, 0) is 28.7 Å². The molecule has 0 aliphatic carbocycles. The number of aromatic nitrogens is 1. The van der Waals surface area contributed by atoms with Gasteiger partial charge in [-0.05, 0) is 32.1 Å². The van der Waals surface area contributed by atoms with Crippen LogP contribution in [0.3, 0.4) is 0 Å². The fraction of sp³-hybridized carbons (Fsp3) is 0.600. The first-order valence-electron chi connectivity index (χ1n) is 4.61. The maximum Gasteiger partial charge on any atom is 1.00 e. The van der Waals surface area contributed by atoms with Gasteiger partial charge < -0.3 is 30.2 Å². The predicted molar refractivity (Wildman–Crippen MR) is 69.5 cm³/mol. The van der Waals surface area contributed by atoms with Gasteiger partial charge in [0.1, 0.15) is 0 Å². The molecule has 1 aromatic heterocycles. The molecule has 0 saturated heterocycles. The van der Waals surface area contributed by atoms with Crippen molar-refractivity contribution in [3.8, 4) is 0 Å². The summed E-state index contributed by atoms with van der Waals surface area (Å²) in [5, 5.41) is 0. The maximum absolute atomic E-state index is 5.46. The number of H-pyrrole nitrogens is 1. The summed E-state index contributed by atoms with van der Waals surface area (Å²) >= 11 is 12.5. The van der Waals surface area contributed by atoms with Crippen LogP contribution in [0.4, 0.5) is 0 Å². The molecule has 1 N–H and O–H groups in total. The van der Waals surface area contributed by atoms with Gasteiger partial charge in [0.15, 0.2) is 0 Å². The molecule has 1 aromatic rings. The molecule has 0 fully saturated rings. The molecular formula is C10H15KNS3-. The van der Waals surface area contributed by atoms with Crippen LogP contribution in [0.25, 0.3) is 0 Å². The molecule has 80 valence electrons. The number of aromatic amines is 1. The number of nitrogens with one attached hydrogen (secondary N) is 1. The van der Waals surface area contributed by atoms with E-state index in [0.717, 1.165) is 17.0 Å². The van der Waals surface area contributed by atoms with Crippen LogP contribution in [0.5, 0.6) is 0 Å². The van der Waals surface area contributed by atoms with Gasteiger partial charge in [0.2, 0.25) is 0 Å². The Kier molecular flexibility index (Phi) is 7.67. The minimum absolute atomic E-state index is 0. The number of rotatable bonds is 3. The Labute approximate surface area is 150 Å². The maximum atomic E-state index is 5.46. The minimum atomic E-state index is -0.603. The third-order valence-corrected chi connectivity index (χ3v) is 4.32. The minimum Gasteiger partial charge on any atom is -0.797 e. The Morgan fingerprint density at radius 2 is 1.73 bits per heavy atom. The van der Waals surface area contributed by atoms with Crippen molar-refractivity contribution in [3.63, 3.8) is 0 Å². The van der Waals surface area contributed by atoms with Crippen LogP contribution in [-0.4, -0.2) is 10.7 Å². The fourth-order valence-electron chi connectivity index (χ4n) is 1.63. The van der Waals surface area contributed by atoms with Crippen LogP contribution in [0, 0.1) is 20.8 Å². The van der Waals surface area contributed by atoms with E-state index in [0.29, 0.717) is 0 Å². The average molecular weight is 285 g/mol. The van der Waals surface area contributed by atoms with E-state index >= 15 is 0 Å². The van der Waals surface area contributed by atoms with Crippen LogP contribution in [0.15, 0.2) is 0 Å². The fourth-order valence-corrected chi connectivity index (χ4v) is 3.78. The topological polar surface area (TPSA) is 15.8 Å². The quantitative estimate of drug-likeness (QED) is 0.617. The second kappa shape index (κ2) is 6.78. The standard InChI is InChI=1S/C10H17NS3.K/c1-5-14-10(12,13)9-6(2)7(3)11-8(9)4;/h11-13H,5H2,1-4H3;/q;+1/p-2. The third kappa shape index (κ3) is 3.98. The first-order chi connectivity index (χ1) is 6.40. The summed E-state index contributed by atoms with van der Waals surface area (Å²) in [5.74, 6) is 0.954. The molecule has 0 atom stereocenters. The van der Waals surface area contributed by atoms with Crippen molar-refractivity contribution in [1.29, 1.82) is 0 Å². The van der Waals surface area contributed by atoms with Crippen molar-refractivity contribution in [2.45, 2.75) is 31.1 Å². The van der Waals surface area contributed by atoms with Gasteiger partial charge in [0.25, 0.3) is 0 Å². The predicted octanol–water partition coefficient (Wildman–Crippen LogP) is -0.0988. The Balaban J connectivity index is 0.00000196. The molecular weight excluding hydrogens is 269 g/mol. The van der Waals surface area contributed by atoms with Gasteiger partial charge in [-0.1, -0.05) is 12.5 Å². The molecule has 1 heterocycles. The summed E-state index contributed by atoms with van der Waals surface area (Å²) in [6.45, 7) is 8.27. The van der Waals surface area contributed by atoms with Gasteiger partial charge in [0, 0.05) is 11.4 Å². The summed E-state index contributed by atoms with van der Waals surface area (Å²) in [7, 11) is 0. The van der Waals surface area contributed by atoms with E-state index < -0.39 is 3.41 Å². The van der Waals surface area contributed by atoms with Crippen LogP contribution >= 0.6 is 11.8 Å². The molecule has 0 aromatic carbocycles. The third-order valence-electron chi connectivity index (χ3n) is 2.33. The number of aryl methyl sites for hydroxylation is 2. The average Bonchev–Trinajstić information content (AvgIpc) is 2.26. The Hall–Kier alpha value is 1.97. The molecule has 0 radical (unpaired) electrons. The first-order valence-corrected chi connectivity index (χ1v) is 6.41. The van der Waals surface area contributed by atoms with E-state index in [1.807, 2.05) is 6.92 Å². The Morgan fingerprint density at radius 1 is 1.20 bits per heavy atom. The van der Waals surface area contributed by atoms with E-state index in [1.54, 1.807) is 11.8 Å². The number of hydrogen-bond acceptors (Lipinski definition) is 3. The van der Waals surface area contributed by atoms with Gasteiger partial charge in [-0.25, -0.2) is 15.2 Å². The SMILES string of the molecule is CCSC([S-])([S-])c1c(C)[nH]c(C)c1C.[K+]. The monoisotopic (exact) mass is 284 g/mol. The second-order valence-corrected chi connectivity index (χ2v) is 6.84. The van der Waals surface area contributed by atoms with Crippen molar-refractivity contribution < 1.29 is 51.4 Å². The molecule has 1 rings (SSSR count). The van der Waals surface area contributed by atoms with E-state index in [4.69, 9.17) is 25.3 Å². The second-order valence-electron chi connectivity index (χ2n) is 3.36. The van der Waals surface area contributed by atoms with E-state index in [-0.39, 0.29) is 51.4 Å². The molecule has 0 spiro atoms. The van der Waals surface area contributed by atoms with Crippen molar-refractivity contribution in [2.24, 2.45) is 0 Å². The van der Waals surface area contributed by atoms with E-state index in [1.165, 1.54) is 11.3 Å². The van der Waals surface area contributed by atoms with Gasteiger partial charge in [0.05, 0.1) is 0 Å². The zero-order chi connectivity index (χ0) is 10.9. The molecule has 5 heteroatoms. The van der Waals surface area contributed by atoms with Crippen LogP contribution in [0.2, 0.25) is 0 Å².